The van der Waals surface area contributed by atoms with Gasteiger partial charge in [0.15, 0.2) is 5.82 Å². The lowest BCUT2D eigenvalue weighted by atomic mass is 10.4. The van der Waals surface area contributed by atoms with E-state index in [2.05, 4.69) is 20.0 Å². The Labute approximate surface area is 79.7 Å². The Hall–Kier alpha value is -1.58. The van der Waals surface area contributed by atoms with Crippen molar-refractivity contribution >= 4 is 17.7 Å². The fraction of sp³-hybridized carbons (Fsp3) is 0.143. The highest BCUT2D eigenvalue weighted by Gasteiger charge is 1.89. The molecule has 0 aliphatic carbocycles. The zero-order valence-electron chi connectivity index (χ0n) is 6.63. The van der Waals surface area contributed by atoms with Gasteiger partial charge in [-0.05, 0) is 11.6 Å². The molecule has 0 spiro atoms. The maximum atomic E-state index is 7.98. The Morgan fingerprint density at radius 2 is 2.23 bits per heavy atom. The normalized spacial score (nSPS) is 9.92. The molecule has 5 nitrogen and oxygen atoms in total. The molecule has 1 aromatic rings. The van der Waals surface area contributed by atoms with Crippen LogP contribution in [0, 0.1) is 0 Å². The van der Waals surface area contributed by atoms with Crippen LogP contribution in [-0.4, -0.2) is 16.5 Å². The van der Waals surface area contributed by atoms with Gasteiger partial charge in [-0.2, -0.15) is 0 Å². The summed E-state index contributed by atoms with van der Waals surface area (Å²) in [6.07, 6.45) is 6.33. The minimum Gasteiger partial charge on any atom is -0.236 e. The van der Waals surface area contributed by atoms with E-state index in [1.54, 1.807) is 12.2 Å². The molecule has 0 amide bonds. The molecule has 0 aliphatic rings. The van der Waals surface area contributed by atoms with Crippen LogP contribution in [-0.2, 0) is 0 Å². The number of halogens is 1. The van der Waals surface area contributed by atoms with Gasteiger partial charge in [-0.15, -0.1) is 0 Å². The van der Waals surface area contributed by atoms with Crippen LogP contribution in [0.15, 0.2) is 23.6 Å². The molecule has 0 saturated heterocycles. The summed E-state index contributed by atoms with van der Waals surface area (Å²) in [7, 11) is 0. The predicted octanol–water partition coefficient (Wildman–Crippen LogP) is 2.45. The molecule has 1 rings (SSSR count). The first-order valence-electron chi connectivity index (χ1n) is 3.48. The summed E-state index contributed by atoms with van der Waals surface area (Å²) >= 11 is 5.58. The zero-order chi connectivity index (χ0) is 9.52. The van der Waals surface area contributed by atoms with Crippen LogP contribution in [0.2, 0.25) is 5.02 Å². The van der Waals surface area contributed by atoms with Gasteiger partial charge < -0.3 is 0 Å². The summed E-state index contributed by atoms with van der Waals surface area (Å²) in [6.45, 7) is 0.294. The van der Waals surface area contributed by atoms with Crippen molar-refractivity contribution in [2.24, 2.45) is 5.11 Å². The summed E-state index contributed by atoms with van der Waals surface area (Å²) in [6, 6.07) is 0. The maximum absolute atomic E-state index is 7.98. The van der Waals surface area contributed by atoms with Gasteiger partial charge in [-0.25, -0.2) is 9.97 Å². The Morgan fingerprint density at radius 1 is 1.54 bits per heavy atom. The monoisotopic (exact) mass is 195 g/mol. The Morgan fingerprint density at radius 3 is 2.85 bits per heavy atom. The van der Waals surface area contributed by atoms with E-state index >= 15 is 0 Å². The number of hydrogen-bond acceptors (Lipinski definition) is 3. The average molecular weight is 196 g/mol. The SMILES string of the molecule is [N-]=[N+]=NCC=Cc1ncc(Cl)cn1. The Kier molecular flexibility index (Phi) is 3.75. The van der Waals surface area contributed by atoms with Gasteiger partial charge in [0, 0.05) is 23.9 Å². The van der Waals surface area contributed by atoms with Crippen LogP contribution >= 0.6 is 11.6 Å². The van der Waals surface area contributed by atoms with E-state index < -0.39 is 0 Å². The molecule has 0 N–H and O–H groups in total. The third-order valence-electron chi connectivity index (χ3n) is 1.16. The molecular weight excluding hydrogens is 190 g/mol. The van der Waals surface area contributed by atoms with Crippen molar-refractivity contribution in [3.8, 4) is 0 Å². The lowest BCUT2D eigenvalue weighted by Gasteiger charge is -1.90. The molecule has 1 heterocycles. The first-order valence-corrected chi connectivity index (χ1v) is 3.85. The first-order chi connectivity index (χ1) is 6.33. The third kappa shape index (κ3) is 3.55. The Balaban J connectivity index is 2.58. The van der Waals surface area contributed by atoms with E-state index in [1.807, 2.05) is 0 Å². The van der Waals surface area contributed by atoms with Crippen molar-refractivity contribution in [3.05, 3.63) is 39.8 Å². The van der Waals surface area contributed by atoms with Crippen molar-refractivity contribution in [1.82, 2.24) is 9.97 Å². The summed E-state index contributed by atoms with van der Waals surface area (Å²) in [5.41, 5.74) is 7.98. The molecule has 0 saturated carbocycles. The van der Waals surface area contributed by atoms with Crippen molar-refractivity contribution in [2.75, 3.05) is 6.54 Å². The molecule has 1 aromatic heterocycles. The fourth-order valence-electron chi connectivity index (χ4n) is 0.650. The molecule has 0 atom stereocenters. The molecule has 0 aromatic carbocycles. The average Bonchev–Trinajstić information content (AvgIpc) is 2.15. The standard InChI is InChI=1S/C7H6ClN5/c8-6-4-10-7(11-5-6)2-1-3-12-13-9/h1-2,4-5H,3H2. The predicted molar refractivity (Wildman–Crippen MR) is 50.1 cm³/mol. The number of rotatable bonds is 3. The van der Waals surface area contributed by atoms with Crippen LogP contribution in [0.1, 0.15) is 5.82 Å². The first kappa shape index (κ1) is 9.51. The number of hydrogen-bond donors (Lipinski definition) is 0. The zero-order valence-corrected chi connectivity index (χ0v) is 7.39. The van der Waals surface area contributed by atoms with Gasteiger partial charge in [0.1, 0.15) is 0 Å². The largest absolute Gasteiger partial charge is 0.236 e. The van der Waals surface area contributed by atoms with E-state index in [4.69, 9.17) is 17.1 Å². The highest BCUT2D eigenvalue weighted by molar-refractivity contribution is 6.30. The van der Waals surface area contributed by atoms with Crippen LogP contribution in [0.5, 0.6) is 0 Å². The summed E-state index contributed by atoms with van der Waals surface area (Å²) in [5.74, 6) is 0.539. The van der Waals surface area contributed by atoms with E-state index in [0.717, 1.165) is 0 Å². The van der Waals surface area contributed by atoms with E-state index in [-0.39, 0.29) is 0 Å². The quantitative estimate of drug-likeness (QED) is 0.422. The molecule has 6 heteroatoms. The van der Waals surface area contributed by atoms with Crippen molar-refractivity contribution < 1.29 is 0 Å². The molecule has 0 unspecified atom stereocenters. The van der Waals surface area contributed by atoms with Gasteiger partial charge in [-0.1, -0.05) is 22.8 Å². The number of aromatic nitrogens is 2. The molecule has 66 valence electrons. The highest BCUT2D eigenvalue weighted by Crippen LogP contribution is 2.03. The molecule has 0 bridgehead atoms. The van der Waals surface area contributed by atoms with Crippen LogP contribution < -0.4 is 0 Å². The highest BCUT2D eigenvalue weighted by atomic mass is 35.5. The summed E-state index contributed by atoms with van der Waals surface area (Å²) in [5, 5.41) is 3.81. The molecule has 13 heavy (non-hydrogen) atoms. The lowest BCUT2D eigenvalue weighted by molar-refractivity contribution is 1.13. The minimum absolute atomic E-state index is 0.294. The van der Waals surface area contributed by atoms with Crippen molar-refractivity contribution in [3.63, 3.8) is 0 Å². The molecular formula is C7H6ClN5. The summed E-state index contributed by atoms with van der Waals surface area (Å²) < 4.78 is 0. The Bertz CT molecular complexity index is 338. The maximum Gasteiger partial charge on any atom is 0.151 e. The van der Waals surface area contributed by atoms with Crippen molar-refractivity contribution in [2.45, 2.75) is 0 Å². The number of azide groups is 1. The van der Waals surface area contributed by atoms with Gasteiger partial charge in [0.05, 0.1) is 5.02 Å². The molecule has 0 fully saturated rings. The van der Waals surface area contributed by atoms with Gasteiger partial charge in [-0.3, -0.25) is 0 Å². The fourth-order valence-corrected chi connectivity index (χ4v) is 0.748. The van der Waals surface area contributed by atoms with Crippen LogP contribution in [0.4, 0.5) is 0 Å². The molecule has 0 aliphatic heterocycles. The molecule has 0 radical (unpaired) electrons. The smallest absolute Gasteiger partial charge is 0.151 e. The third-order valence-corrected chi connectivity index (χ3v) is 1.35. The second-order valence-electron chi connectivity index (χ2n) is 2.08. The second-order valence-corrected chi connectivity index (χ2v) is 2.51. The van der Waals surface area contributed by atoms with E-state index in [9.17, 15) is 0 Å². The van der Waals surface area contributed by atoms with Crippen molar-refractivity contribution in [1.29, 1.82) is 0 Å². The lowest BCUT2D eigenvalue weighted by Crippen LogP contribution is -1.84. The topological polar surface area (TPSA) is 74.5 Å². The van der Waals surface area contributed by atoms with E-state index in [0.29, 0.717) is 17.4 Å². The van der Waals surface area contributed by atoms with Crippen LogP contribution in [0.25, 0.3) is 16.5 Å². The van der Waals surface area contributed by atoms with Gasteiger partial charge in [0.2, 0.25) is 0 Å². The van der Waals surface area contributed by atoms with Gasteiger partial charge >= 0.3 is 0 Å². The van der Waals surface area contributed by atoms with Crippen LogP contribution in [0.3, 0.4) is 0 Å². The minimum atomic E-state index is 0.294. The van der Waals surface area contributed by atoms with Gasteiger partial charge in [0.25, 0.3) is 0 Å². The second kappa shape index (κ2) is 5.13. The number of nitrogens with zero attached hydrogens (tertiary/aromatic N) is 5. The van der Waals surface area contributed by atoms with E-state index in [1.165, 1.54) is 12.4 Å². The summed E-state index contributed by atoms with van der Waals surface area (Å²) in [4.78, 5) is 10.4.